The SMILES string of the molecule is CC(C)C(C)NC(=O)C1CC(N)CCC1C. The summed E-state index contributed by atoms with van der Waals surface area (Å²) in [5, 5.41) is 3.11. The highest BCUT2D eigenvalue weighted by Crippen LogP contribution is 2.29. The van der Waals surface area contributed by atoms with Crippen molar-refractivity contribution in [3.8, 4) is 0 Å². The van der Waals surface area contributed by atoms with Crippen LogP contribution in [0, 0.1) is 17.8 Å². The molecule has 0 spiro atoms. The molecule has 0 saturated heterocycles. The first kappa shape index (κ1) is 13.5. The first-order valence-electron chi connectivity index (χ1n) is 6.47. The molecule has 94 valence electrons. The van der Waals surface area contributed by atoms with Crippen LogP contribution in [-0.2, 0) is 4.79 Å². The smallest absolute Gasteiger partial charge is 0.223 e. The Morgan fingerprint density at radius 3 is 2.50 bits per heavy atom. The van der Waals surface area contributed by atoms with Gasteiger partial charge in [0.15, 0.2) is 0 Å². The van der Waals surface area contributed by atoms with Crippen LogP contribution in [-0.4, -0.2) is 18.0 Å². The monoisotopic (exact) mass is 226 g/mol. The van der Waals surface area contributed by atoms with Crippen molar-refractivity contribution in [3.05, 3.63) is 0 Å². The Kier molecular flexibility index (Phi) is 4.78. The topological polar surface area (TPSA) is 55.1 Å². The Balaban J connectivity index is 2.51. The third-order valence-electron chi connectivity index (χ3n) is 3.94. The predicted molar refractivity (Wildman–Crippen MR) is 66.9 cm³/mol. The molecule has 0 aromatic heterocycles. The number of carbonyl (C=O) groups is 1. The van der Waals surface area contributed by atoms with E-state index in [1.54, 1.807) is 0 Å². The molecule has 0 bridgehead atoms. The van der Waals surface area contributed by atoms with E-state index in [-0.39, 0.29) is 23.9 Å². The van der Waals surface area contributed by atoms with Crippen LogP contribution in [0.4, 0.5) is 0 Å². The van der Waals surface area contributed by atoms with Crippen molar-refractivity contribution in [2.45, 2.75) is 59.0 Å². The fourth-order valence-corrected chi connectivity index (χ4v) is 2.22. The highest BCUT2D eigenvalue weighted by molar-refractivity contribution is 5.79. The van der Waals surface area contributed by atoms with Crippen molar-refractivity contribution in [3.63, 3.8) is 0 Å². The summed E-state index contributed by atoms with van der Waals surface area (Å²) in [7, 11) is 0. The Labute approximate surface area is 99.2 Å². The maximum Gasteiger partial charge on any atom is 0.223 e. The molecular weight excluding hydrogens is 200 g/mol. The molecule has 0 aromatic rings. The molecular formula is C13H26N2O. The highest BCUT2D eigenvalue weighted by Gasteiger charge is 2.31. The Bertz CT molecular complexity index is 240. The lowest BCUT2D eigenvalue weighted by Gasteiger charge is -2.32. The van der Waals surface area contributed by atoms with E-state index < -0.39 is 0 Å². The lowest BCUT2D eigenvalue weighted by Crippen LogP contribution is -2.45. The molecule has 3 nitrogen and oxygen atoms in total. The van der Waals surface area contributed by atoms with E-state index in [0.29, 0.717) is 11.8 Å². The second-order valence-corrected chi connectivity index (χ2v) is 5.70. The Morgan fingerprint density at radius 1 is 1.31 bits per heavy atom. The lowest BCUT2D eigenvalue weighted by molar-refractivity contribution is -0.128. The average molecular weight is 226 g/mol. The zero-order chi connectivity index (χ0) is 12.3. The summed E-state index contributed by atoms with van der Waals surface area (Å²) in [4.78, 5) is 12.1. The normalized spacial score (nSPS) is 32.5. The molecule has 0 radical (unpaired) electrons. The van der Waals surface area contributed by atoms with Gasteiger partial charge in [-0.15, -0.1) is 0 Å². The quantitative estimate of drug-likeness (QED) is 0.772. The van der Waals surface area contributed by atoms with Gasteiger partial charge in [-0.1, -0.05) is 20.8 Å². The minimum atomic E-state index is 0.116. The van der Waals surface area contributed by atoms with Crippen molar-refractivity contribution in [2.75, 3.05) is 0 Å². The number of rotatable bonds is 3. The minimum Gasteiger partial charge on any atom is -0.353 e. The lowest BCUT2D eigenvalue weighted by atomic mass is 9.77. The maximum absolute atomic E-state index is 12.1. The van der Waals surface area contributed by atoms with Crippen LogP contribution < -0.4 is 11.1 Å². The number of hydrogen-bond donors (Lipinski definition) is 2. The molecule has 3 heteroatoms. The number of nitrogens with two attached hydrogens (primary N) is 1. The number of amides is 1. The third-order valence-corrected chi connectivity index (χ3v) is 3.94. The predicted octanol–water partition coefficient (Wildman–Crippen LogP) is 1.91. The summed E-state index contributed by atoms with van der Waals surface area (Å²) in [6, 6.07) is 0.458. The van der Waals surface area contributed by atoms with E-state index in [1.165, 1.54) is 0 Å². The zero-order valence-electron chi connectivity index (χ0n) is 11.0. The van der Waals surface area contributed by atoms with Gasteiger partial charge in [-0.2, -0.15) is 0 Å². The van der Waals surface area contributed by atoms with Crippen molar-refractivity contribution >= 4 is 5.91 Å². The first-order valence-corrected chi connectivity index (χ1v) is 6.47. The Morgan fingerprint density at radius 2 is 1.94 bits per heavy atom. The van der Waals surface area contributed by atoms with Gasteiger partial charge < -0.3 is 11.1 Å². The van der Waals surface area contributed by atoms with Crippen LogP contribution in [0.25, 0.3) is 0 Å². The molecule has 4 unspecified atom stereocenters. The van der Waals surface area contributed by atoms with Crippen LogP contribution in [0.1, 0.15) is 47.0 Å². The van der Waals surface area contributed by atoms with Gasteiger partial charge in [-0.3, -0.25) is 4.79 Å². The van der Waals surface area contributed by atoms with Crippen molar-refractivity contribution in [1.82, 2.24) is 5.32 Å². The number of carbonyl (C=O) groups excluding carboxylic acids is 1. The average Bonchev–Trinajstić information content (AvgIpc) is 2.21. The molecule has 0 aromatic carbocycles. The van der Waals surface area contributed by atoms with Gasteiger partial charge in [0.25, 0.3) is 0 Å². The molecule has 3 N–H and O–H groups in total. The molecule has 1 rings (SSSR count). The molecule has 1 aliphatic carbocycles. The largest absolute Gasteiger partial charge is 0.353 e. The number of hydrogen-bond acceptors (Lipinski definition) is 2. The fraction of sp³-hybridized carbons (Fsp3) is 0.923. The second-order valence-electron chi connectivity index (χ2n) is 5.70. The van der Waals surface area contributed by atoms with Crippen molar-refractivity contribution in [1.29, 1.82) is 0 Å². The summed E-state index contributed by atoms with van der Waals surface area (Å²) in [5.41, 5.74) is 5.94. The van der Waals surface area contributed by atoms with Crippen LogP contribution in [0.15, 0.2) is 0 Å². The molecule has 4 atom stereocenters. The highest BCUT2D eigenvalue weighted by atomic mass is 16.1. The molecule has 0 heterocycles. The van der Waals surface area contributed by atoms with Crippen molar-refractivity contribution in [2.24, 2.45) is 23.5 Å². The first-order chi connectivity index (χ1) is 7.41. The van der Waals surface area contributed by atoms with Gasteiger partial charge in [0.2, 0.25) is 5.91 Å². The summed E-state index contributed by atoms with van der Waals surface area (Å²) >= 11 is 0. The van der Waals surface area contributed by atoms with Gasteiger partial charge >= 0.3 is 0 Å². The zero-order valence-corrected chi connectivity index (χ0v) is 11.0. The van der Waals surface area contributed by atoms with Crippen molar-refractivity contribution < 1.29 is 4.79 Å². The molecule has 0 aliphatic heterocycles. The van der Waals surface area contributed by atoms with E-state index in [9.17, 15) is 4.79 Å². The molecule has 16 heavy (non-hydrogen) atoms. The molecule has 1 amide bonds. The molecule has 1 aliphatic rings. The van der Waals surface area contributed by atoms with E-state index in [1.807, 2.05) is 0 Å². The summed E-state index contributed by atoms with van der Waals surface area (Å²) < 4.78 is 0. The third kappa shape index (κ3) is 3.48. The van der Waals surface area contributed by atoms with Crippen LogP contribution in [0.2, 0.25) is 0 Å². The molecule has 1 fully saturated rings. The van der Waals surface area contributed by atoms with Gasteiger partial charge in [0.1, 0.15) is 0 Å². The number of nitrogens with one attached hydrogen (secondary N) is 1. The van der Waals surface area contributed by atoms with Gasteiger partial charge in [0, 0.05) is 18.0 Å². The van der Waals surface area contributed by atoms with Crippen LogP contribution in [0.3, 0.4) is 0 Å². The van der Waals surface area contributed by atoms with E-state index >= 15 is 0 Å². The minimum absolute atomic E-state index is 0.116. The summed E-state index contributed by atoms with van der Waals surface area (Å²) in [6.07, 6.45) is 2.98. The van der Waals surface area contributed by atoms with Crippen LogP contribution >= 0.6 is 0 Å². The maximum atomic E-state index is 12.1. The molecule has 1 saturated carbocycles. The second kappa shape index (κ2) is 5.67. The summed E-state index contributed by atoms with van der Waals surface area (Å²) in [5.74, 6) is 1.27. The standard InChI is InChI=1S/C13H26N2O/c1-8(2)10(4)15-13(16)12-7-11(14)6-5-9(12)3/h8-12H,5-7,14H2,1-4H3,(H,15,16). The van der Waals surface area contributed by atoms with Gasteiger partial charge in [-0.25, -0.2) is 0 Å². The Hall–Kier alpha value is -0.570. The van der Waals surface area contributed by atoms with Gasteiger partial charge in [0.05, 0.1) is 0 Å². The fourth-order valence-electron chi connectivity index (χ4n) is 2.22. The van der Waals surface area contributed by atoms with Gasteiger partial charge in [-0.05, 0) is 38.0 Å². The van der Waals surface area contributed by atoms with E-state index in [0.717, 1.165) is 19.3 Å². The van der Waals surface area contributed by atoms with E-state index in [2.05, 4.69) is 33.0 Å². The summed E-state index contributed by atoms with van der Waals surface area (Å²) in [6.45, 7) is 8.48. The van der Waals surface area contributed by atoms with Crippen LogP contribution in [0.5, 0.6) is 0 Å². The van der Waals surface area contributed by atoms with E-state index in [4.69, 9.17) is 5.73 Å².